The first kappa shape index (κ1) is 17.2. The highest BCUT2D eigenvalue weighted by Crippen LogP contribution is 2.42. The molecule has 0 amide bonds. The maximum absolute atomic E-state index is 6.59. The van der Waals surface area contributed by atoms with Crippen LogP contribution in [-0.2, 0) is 11.0 Å². The molecule has 112 valence electrons. The van der Waals surface area contributed by atoms with Crippen LogP contribution < -0.4 is 0 Å². The first-order valence-electron chi connectivity index (χ1n) is 7.69. The number of rotatable bonds is 7. The Morgan fingerprint density at radius 1 is 0.950 bits per heavy atom. The molecule has 0 N–H and O–H groups in total. The van der Waals surface area contributed by atoms with Gasteiger partial charge in [0.15, 0.2) is 0 Å². The van der Waals surface area contributed by atoms with Crippen LogP contribution in [0, 0.1) is 0 Å². The second-order valence-corrected chi connectivity index (χ2v) is 12.0. The van der Waals surface area contributed by atoms with Crippen molar-refractivity contribution >= 4 is 14.4 Å². The Labute approximate surface area is 126 Å². The van der Waals surface area contributed by atoms with E-state index < -0.39 is 8.32 Å². The zero-order valence-corrected chi connectivity index (χ0v) is 14.9. The summed E-state index contributed by atoms with van der Waals surface area (Å²) < 4.78 is 6.59. The van der Waals surface area contributed by atoms with Gasteiger partial charge in [-0.3, -0.25) is 0 Å². The summed E-state index contributed by atoms with van der Waals surface area (Å²) in [5, 5.41) is 0. The molecule has 0 unspecified atom stereocenters. The van der Waals surface area contributed by atoms with E-state index in [2.05, 4.69) is 72.4 Å². The van der Waals surface area contributed by atoms with Crippen LogP contribution >= 0.6 is 0 Å². The molecule has 0 fully saturated rings. The van der Waals surface area contributed by atoms with Gasteiger partial charge in [-0.2, -0.15) is 0 Å². The average Bonchev–Trinajstić information content (AvgIpc) is 2.38. The van der Waals surface area contributed by atoms with Gasteiger partial charge in [0.2, 0.25) is 8.32 Å². The van der Waals surface area contributed by atoms with E-state index in [1.165, 1.54) is 5.56 Å². The number of benzene rings is 1. The molecule has 0 aliphatic carbocycles. The standard InChI is InChI=1S/C18H30OSi/c1-8-17-9-11-18(12-10-17)13-19-20(14(2)3,15(4)5)16(6)7/h8-12,14-16H,1,13H2,2-7H3. The topological polar surface area (TPSA) is 9.23 Å². The molecule has 1 aromatic rings. The zero-order valence-electron chi connectivity index (χ0n) is 13.9. The Hall–Kier alpha value is -0.863. The first-order valence-corrected chi connectivity index (χ1v) is 9.84. The highest BCUT2D eigenvalue weighted by molar-refractivity contribution is 6.77. The van der Waals surface area contributed by atoms with Crippen LogP contribution in [-0.4, -0.2) is 8.32 Å². The summed E-state index contributed by atoms with van der Waals surface area (Å²) in [4.78, 5) is 0. The van der Waals surface area contributed by atoms with Gasteiger partial charge in [-0.1, -0.05) is 78.5 Å². The molecule has 1 nitrogen and oxygen atoms in total. The lowest BCUT2D eigenvalue weighted by molar-refractivity contribution is 0.266. The summed E-state index contributed by atoms with van der Waals surface area (Å²) in [7, 11) is -1.75. The van der Waals surface area contributed by atoms with Gasteiger partial charge in [-0.05, 0) is 27.8 Å². The average molecular weight is 291 g/mol. The van der Waals surface area contributed by atoms with Gasteiger partial charge in [0.1, 0.15) is 0 Å². The van der Waals surface area contributed by atoms with Crippen molar-refractivity contribution in [1.29, 1.82) is 0 Å². The van der Waals surface area contributed by atoms with Crippen molar-refractivity contribution in [3.05, 3.63) is 42.0 Å². The molecule has 20 heavy (non-hydrogen) atoms. The third-order valence-electron chi connectivity index (χ3n) is 4.41. The summed E-state index contributed by atoms with van der Waals surface area (Å²) >= 11 is 0. The van der Waals surface area contributed by atoms with Gasteiger partial charge in [0.25, 0.3) is 0 Å². The van der Waals surface area contributed by atoms with Crippen LogP contribution in [0.4, 0.5) is 0 Å². The number of hydrogen-bond donors (Lipinski definition) is 0. The molecule has 0 aliphatic heterocycles. The van der Waals surface area contributed by atoms with Gasteiger partial charge in [0, 0.05) is 0 Å². The van der Waals surface area contributed by atoms with Gasteiger partial charge >= 0.3 is 0 Å². The Morgan fingerprint density at radius 3 is 1.75 bits per heavy atom. The Bertz CT molecular complexity index is 396. The molecule has 0 bridgehead atoms. The van der Waals surface area contributed by atoms with Crippen molar-refractivity contribution in [3.63, 3.8) is 0 Å². The molecule has 1 aromatic carbocycles. The highest BCUT2D eigenvalue weighted by atomic mass is 28.4. The maximum Gasteiger partial charge on any atom is 0.200 e. The fourth-order valence-electron chi connectivity index (χ4n) is 3.46. The van der Waals surface area contributed by atoms with E-state index >= 15 is 0 Å². The van der Waals surface area contributed by atoms with E-state index in [1.807, 2.05) is 6.08 Å². The third kappa shape index (κ3) is 3.61. The highest BCUT2D eigenvalue weighted by Gasteiger charge is 2.44. The molecule has 0 saturated heterocycles. The summed E-state index contributed by atoms with van der Waals surface area (Å²) in [5.74, 6) is 0. The van der Waals surface area contributed by atoms with E-state index in [0.717, 1.165) is 12.2 Å². The van der Waals surface area contributed by atoms with Gasteiger partial charge in [0.05, 0.1) is 6.61 Å². The Kier molecular flexibility index (Phi) is 6.22. The van der Waals surface area contributed by atoms with Gasteiger partial charge in [-0.25, -0.2) is 0 Å². The molecule has 0 aliphatic rings. The Balaban J connectivity index is 2.87. The third-order valence-corrected chi connectivity index (χ3v) is 10.5. The lowest BCUT2D eigenvalue weighted by Crippen LogP contribution is -2.47. The smallest absolute Gasteiger partial charge is 0.200 e. The van der Waals surface area contributed by atoms with E-state index in [-0.39, 0.29) is 0 Å². The van der Waals surface area contributed by atoms with Crippen LogP contribution in [0.3, 0.4) is 0 Å². The second kappa shape index (κ2) is 7.23. The fourth-order valence-corrected chi connectivity index (χ4v) is 8.87. The maximum atomic E-state index is 6.59. The molecule has 0 spiro atoms. The van der Waals surface area contributed by atoms with Crippen molar-refractivity contribution in [2.75, 3.05) is 0 Å². The van der Waals surface area contributed by atoms with Crippen LogP contribution in [0.1, 0.15) is 52.7 Å². The molecule has 0 saturated carbocycles. The van der Waals surface area contributed by atoms with Crippen molar-refractivity contribution in [3.8, 4) is 0 Å². The van der Waals surface area contributed by atoms with Crippen molar-refractivity contribution in [1.82, 2.24) is 0 Å². The molecule has 0 atom stereocenters. The summed E-state index contributed by atoms with van der Waals surface area (Å²) in [6.45, 7) is 18.5. The van der Waals surface area contributed by atoms with Crippen molar-refractivity contribution < 1.29 is 4.43 Å². The lowest BCUT2D eigenvalue weighted by atomic mass is 10.1. The minimum absolute atomic E-state index is 0.634. The number of hydrogen-bond acceptors (Lipinski definition) is 1. The van der Waals surface area contributed by atoms with Crippen molar-refractivity contribution in [2.45, 2.75) is 64.8 Å². The quantitative estimate of drug-likeness (QED) is 0.558. The van der Waals surface area contributed by atoms with Gasteiger partial charge in [-0.15, -0.1) is 0 Å². The first-order chi connectivity index (χ1) is 9.34. The SMILES string of the molecule is C=Cc1ccc(CO[Si](C(C)C)(C(C)C)C(C)C)cc1. The fraction of sp³-hybridized carbons (Fsp3) is 0.556. The van der Waals surface area contributed by atoms with Gasteiger partial charge < -0.3 is 4.43 Å². The summed E-state index contributed by atoms with van der Waals surface area (Å²) in [6.07, 6.45) is 1.88. The minimum atomic E-state index is -1.75. The van der Waals surface area contributed by atoms with Crippen LogP contribution in [0.15, 0.2) is 30.8 Å². The monoisotopic (exact) mass is 290 g/mol. The summed E-state index contributed by atoms with van der Waals surface area (Å²) in [5.41, 5.74) is 4.32. The normalized spacial score (nSPS) is 12.4. The second-order valence-electron chi connectivity index (χ2n) is 6.55. The molecule has 0 heterocycles. The molecule has 0 aromatic heterocycles. The van der Waals surface area contributed by atoms with E-state index in [0.29, 0.717) is 16.6 Å². The molecular formula is C18H30OSi. The molecule has 1 rings (SSSR count). The molecule has 2 heteroatoms. The van der Waals surface area contributed by atoms with E-state index in [4.69, 9.17) is 4.43 Å². The van der Waals surface area contributed by atoms with E-state index in [9.17, 15) is 0 Å². The van der Waals surface area contributed by atoms with Crippen LogP contribution in [0.25, 0.3) is 6.08 Å². The lowest BCUT2D eigenvalue weighted by Gasteiger charge is -2.42. The van der Waals surface area contributed by atoms with Crippen LogP contribution in [0.5, 0.6) is 0 Å². The largest absolute Gasteiger partial charge is 0.412 e. The predicted molar refractivity (Wildman–Crippen MR) is 92.4 cm³/mol. The molecule has 0 radical (unpaired) electrons. The molecular weight excluding hydrogens is 260 g/mol. The van der Waals surface area contributed by atoms with Crippen LogP contribution in [0.2, 0.25) is 16.6 Å². The predicted octanol–water partition coefficient (Wildman–Crippen LogP) is 6.02. The summed E-state index contributed by atoms with van der Waals surface area (Å²) in [6, 6.07) is 8.51. The van der Waals surface area contributed by atoms with Crippen molar-refractivity contribution in [2.24, 2.45) is 0 Å². The zero-order chi connectivity index (χ0) is 15.3. The minimum Gasteiger partial charge on any atom is -0.412 e. The van der Waals surface area contributed by atoms with E-state index in [1.54, 1.807) is 0 Å². The Morgan fingerprint density at radius 2 is 1.40 bits per heavy atom.